The molecule has 196 valence electrons. The van der Waals surface area contributed by atoms with E-state index in [4.69, 9.17) is 33.7 Å². The van der Waals surface area contributed by atoms with E-state index in [0.717, 1.165) is 27.6 Å². The maximum Gasteiger partial charge on any atom is 0.298 e. The zero-order chi connectivity index (χ0) is 27.5. The Kier molecular flexibility index (Phi) is 5.62. The Morgan fingerprint density at radius 1 is 0.975 bits per heavy atom. The molecule has 3 aromatic heterocycles. The van der Waals surface area contributed by atoms with Crippen molar-refractivity contribution >= 4 is 45.8 Å². The fourth-order valence-electron chi connectivity index (χ4n) is 5.39. The lowest BCUT2D eigenvalue weighted by Gasteiger charge is -2.26. The van der Waals surface area contributed by atoms with Crippen LogP contribution in [0, 0.1) is 6.92 Å². The number of hydrogen-bond donors (Lipinski definition) is 2. The predicted octanol–water partition coefficient (Wildman–Crippen LogP) is 6.99. The molecule has 0 amide bonds. The largest absolute Gasteiger partial charge is 0.420 e. The molecule has 1 aliphatic rings. The molecule has 0 bridgehead atoms. The third-order valence-electron chi connectivity index (χ3n) is 7.14. The molecule has 10 heteroatoms. The zero-order valence-electron chi connectivity index (χ0n) is 21.0. The van der Waals surface area contributed by atoms with Gasteiger partial charge in [0.1, 0.15) is 17.8 Å². The molecular weight excluding hydrogens is 547 g/mol. The minimum absolute atomic E-state index is 0.264. The summed E-state index contributed by atoms with van der Waals surface area (Å²) in [5.74, 6) is 0.00189. The van der Waals surface area contributed by atoms with Crippen LogP contribution in [0.2, 0.25) is 10.0 Å². The van der Waals surface area contributed by atoms with Crippen LogP contribution in [0.3, 0.4) is 0 Å². The smallest absolute Gasteiger partial charge is 0.298 e. The van der Waals surface area contributed by atoms with Crippen molar-refractivity contribution in [3.63, 3.8) is 0 Å². The van der Waals surface area contributed by atoms with Gasteiger partial charge in [-0.15, -0.1) is 0 Å². The van der Waals surface area contributed by atoms with Crippen molar-refractivity contribution in [2.75, 3.05) is 5.73 Å². The highest BCUT2D eigenvalue weighted by Crippen LogP contribution is 2.49. The summed E-state index contributed by atoms with van der Waals surface area (Å²) >= 11 is 12.5. The number of benzene rings is 3. The van der Waals surface area contributed by atoms with Gasteiger partial charge in [0.25, 0.3) is 5.91 Å². The molecule has 0 saturated carbocycles. The maximum absolute atomic E-state index is 14.3. The number of carbonyl (C=O) groups is 1. The number of rotatable bonds is 3. The second-order valence-corrected chi connectivity index (χ2v) is 10.4. The highest BCUT2D eigenvalue weighted by Gasteiger charge is 2.39. The molecule has 40 heavy (non-hydrogen) atoms. The minimum atomic E-state index is -0.422. The van der Waals surface area contributed by atoms with E-state index in [1.165, 1.54) is 11.0 Å². The first kappa shape index (κ1) is 24.4. The number of aromatic amines is 1. The van der Waals surface area contributed by atoms with Crippen molar-refractivity contribution in [3.8, 4) is 22.9 Å². The molecule has 4 heterocycles. The number of ether oxygens (including phenoxy) is 1. The Hall–Kier alpha value is -4.66. The zero-order valence-corrected chi connectivity index (χ0v) is 22.5. The molecule has 0 aliphatic carbocycles. The van der Waals surface area contributed by atoms with Gasteiger partial charge in [0.15, 0.2) is 0 Å². The Morgan fingerprint density at radius 3 is 2.50 bits per heavy atom. The molecular formula is C30H20Cl2N6O2. The second-order valence-electron chi connectivity index (χ2n) is 9.52. The van der Waals surface area contributed by atoms with E-state index in [2.05, 4.69) is 20.1 Å². The number of anilines is 1. The number of nitrogens with two attached hydrogens (primary N) is 1. The number of carbonyl (C=O) groups excluding carboxylic acids is 1. The van der Waals surface area contributed by atoms with Gasteiger partial charge in [-0.05, 0) is 48.4 Å². The summed E-state index contributed by atoms with van der Waals surface area (Å²) in [6.07, 6.45) is 1.34. The first-order valence-electron chi connectivity index (χ1n) is 12.4. The first-order chi connectivity index (χ1) is 19.4. The SMILES string of the molecule is Cc1nn(C(=O)c2[nH]c3ccc(Cl)cc3c2-c2ccccc2)c2c1C(c1ccc(Cl)cc1)c1c(N)ncnc1O2. The van der Waals surface area contributed by atoms with Gasteiger partial charge in [0.05, 0.1) is 22.7 Å². The van der Waals surface area contributed by atoms with Crippen molar-refractivity contribution < 1.29 is 9.53 Å². The number of aromatic nitrogens is 5. The average molecular weight is 567 g/mol. The lowest BCUT2D eigenvalue weighted by atomic mass is 9.84. The van der Waals surface area contributed by atoms with Gasteiger partial charge in [0.2, 0.25) is 11.8 Å². The van der Waals surface area contributed by atoms with E-state index < -0.39 is 11.8 Å². The number of nitrogen functional groups attached to an aromatic ring is 1. The van der Waals surface area contributed by atoms with Crippen LogP contribution < -0.4 is 10.5 Å². The molecule has 0 spiro atoms. The molecule has 7 rings (SSSR count). The highest BCUT2D eigenvalue weighted by atomic mass is 35.5. The van der Waals surface area contributed by atoms with Crippen molar-refractivity contribution in [2.45, 2.75) is 12.8 Å². The van der Waals surface area contributed by atoms with Crippen molar-refractivity contribution in [1.29, 1.82) is 0 Å². The lowest BCUT2D eigenvalue weighted by molar-refractivity contribution is 0.0931. The summed E-state index contributed by atoms with van der Waals surface area (Å²) in [5, 5.41) is 6.67. The topological polar surface area (TPSA) is 112 Å². The van der Waals surface area contributed by atoms with E-state index in [0.29, 0.717) is 32.6 Å². The van der Waals surface area contributed by atoms with E-state index in [1.807, 2.05) is 61.5 Å². The summed E-state index contributed by atoms with van der Waals surface area (Å²) in [4.78, 5) is 26.2. The molecule has 8 nitrogen and oxygen atoms in total. The molecule has 1 atom stereocenters. The number of fused-ring (bicyclic) bond motifs is 3. The summed E-state index contributed by atoms with van der Waals surface area (Å²) in [7, 11) is 0. The summed E-state index contributed by atoms with van der Waals surface area (Å²) < 4.78 is 7.54. The third kappa shape index (κ3) is 3.76. The first-order valence-corrected chi connectivity index (χ1v) is 13.2. The van der Waals surface area contributed by atoms with Crippen LogP contribution in [0.1, 0.15) is 38.8 Å². The normalized spacial score (nSPS) is 14.0. The van der Waals surface area contributed by atoms with Crippen LogP contribution in [0.5, 0.6) is 11.8 Å². The lowest BCUT2D eigenvalue weighted by Crippen LogP contribution is -2.20. The number of H-pyrrole nitrogens is 1. The molecule has 1 aliphatic heterocycles. The van der Waals surface area contributed by atoms with E-state index in [-0.39, 0.29) is 17.6 Å². The van der Waals surface area contributed by atoms with Gasteiger partial charge >= 0.3 is 0 Å². The fraction of sp³-hybridized carbons (Fsp3) is 0.0667. The number of nitrogens with zero attached hydrogens (tertiary/aromatic N) is 4. The van der Waals surface area contributed by atoms with E-state index in [1.54, 1.807) is 18.2 Å². The fourth-order valence-corrected chi connectivity index (χ4v) is 5.69. The van der Waals surface area contributed by atoms with Crippen molar-refractivity contribution in [3.05, 3.63) is 117 Å². The standard InChI is InChI=1S/C30H20Cl2N6O2/c1-15-22-24(17-7-9-18(31)10-8-17)25-27(33)34-14-35-28(25)40-30(22)38(37-15)29(39)26-23(16-5-3-2-4-6-16)20-13-19(32)11-12-21(20)36-26/h2-14,24,36H,1H3,(H2,33,34,35). The Balaban J connectivity index is 1.45. The maximum atomic E-state index is 14.3. The molecule has 3 aromatic carbocycles. The van der Waals surface area contributed by atoms with Crippen molar-refractivity contribution in [2.24, 2.45) is 0 Å². The number of halogens is 2. The highest BCUT2D eigenvalue weighted by molar-refractivity contribution is 6.31. The van der Waals surface area contributed by atoms with E-state index >= 15 is 0 Å². The van der Waals surface area contributed by atoms with Crippen LogP contribution in [0.4, 0.5) is 5.82 Å². The molecule has 0 saturated heterocycles. The Bertz CT molecular complexity index is 1950. The van der Waals surface area contributed by atoms with Gasteiger partial charge in [0, 0.05) is 26.5 Å². The molecule has 0 radical (unpaired) electrons. The Labute approximate surface area is 238 Å². The minimum Gasteiger partial charge on any atom is -0.420 e. The van der Waals surface area contributed by atoms with Gasteiger partial charge in [-0.25, -0.2) is 9.97 Å². The van der Waals surface area contributed by atoms with Gasteiger partial charge in [-0.1, -0.05) is 65.7 Å². The van der Waals surface area contributed by atoms with Gasteiger partial charge in [-0.2, -0.15) is 9.78 Å². The van der Waals surface area contributed by atoms with Crippen LogP contribution in [0.25, 0.3) is 22.0 Å². The van der Waals surface area contributed by atoms with Crippen molar-refractivity contribution in [1.82, 2.24) is 24.7 Å². The van der Waals surface area contributed by atoms with Gasteiger partial charge in [-0.3, -0.25) is 4.79 Å². The van der Waals surface area contributed by atoms with Crippen LogP contribution in [-0.2, 0) is 0 Å². The molecule has 3 N–H and O–H groups in total. The number of aryl methyl sites for hydroxylation is 1. The summed E-state index contributed by atoms with van der Waals surface area (Å²) in [5.41, 5.74) is 11.9. The predicted molar refractivity (Wildman–Crippen MR) is 154 cm³/mol. The average Bonchev–Trinajstić information content (AvgIpc) is 3.50. The van der Waals surface area contributed by atoms with Crippen LogP contribution in [0.15, 0.2) is 79.1 Å². The van der Waals surface area contributed by atoms with Crippen LogP contribution in [-0.4, -0.2) is 30.6 Å². The quantitative estimate of drug-likeness (QED) is 0.238. The van der Waals surface area contributed by atoms with Gasteiger partial charge < -0.3 is 15.5 Å². The summed E-state index contributed by atoms with van der Waals surface area (Å²) in [6.45, 7) is 1.84. The Morgan fingerprint density at radius 2 is 1.73 bits per heavy atom. The summed E-state index contributed by atoms with van der Waals surface area (Å²) in [6, 6.07) is 22.6. The van der Waals surface area contributed by atoms with Crippen LogP contribution >= 0.6 is 23.2 Å². The molecule has 0 fully saturated rings. The second kappa shape index (κ2) is 9.22. The molecule has 6 aromatic rings. The third-order valence-corrected chi connectivity index (χ3v) is 7.63. The molecule has 1 unspecified atom stereocenters. The monoisotopic (exact) mass is 566 g/mol. The number of nitrogens with one attached hydrogen (secondary N) is 1. The van der Waals surface area contributed by atoms with E-state index in [9.17, 15) is 4.79 Å². The number of hydrogen-bond acceptors (Lipinski definition) is 6.